The van der Waals surface area contributed by atoms with Crippen LogP contribution >= 0.6 is 23.2 Å². The van der Waals surface area contributed by atoms with E-state index in [1.54, 1.807) is 30.5 Å². The monoisotopic (exact) mass is 492 g/mol. The second kappa shape index (κ2) is 10.2. The molecule has 3 aromatic rings. The second-order valence-corrected chi connectivity index (χ2v) is 9.71. The Kier molecular flexibility index (Phi) is 7.60. The van der Waals surface area contributed by atoms with Gasteiger partial charge >= 0.3 is 0 Å². The standard InChI is InChI=1S/C22H22Cl2N4O3S/c1-28(2)22-16(4-3-11-25-22)14-26-21(29)12-15-5-7-17(8-6-15)27-32(30,31)18-9-10-19(23)20(24)13-18/h3-11,13,27H,12,14H2,1-2H3,(H,26,29). The summed E-state index contributed by atoms with van der Waals surface area (Å²) in [5.41, 5.74) is 2.03. The minimum absolute atomic E-state index is 0.00264. The number of anilines is 2. The largest absolute Gasteiger partial charge is 0.362 e. The van der Waals surface area contributed by atoms with Crippen LogP contribution in [-0.4, -0.2) is 33.4 Å². The van der Waals surface area contributed by atoms with Crippen LogP contribution in [0.3, 0.4) is 0 Å². The number of amides is 1. The van der Waals surface area contributed by atoms with E-state index in [1.807, 2.05) is 31.1 Å². The number of hydrogen-bond donors (Lipinski definition) is 2. The maximum absolute atomic E-state index is 12.5. The van der Waals surface area contributed by atoms with E-state index in [0.29, 0.717) is 12.2 Å². The zero-order chi connectivity index (χ0) is 23.3. The summed E-state index contributed by atoms with van der Waals surface area (Å²) in [6.45, 7) is 0.363. The first-order valence-corrected chi connectivity index (χ1v) is 11.8. The highest BCUT2D eigenvalue weighted by Crippen LogP contribution is 2.26. The topological polar surface area (TPSA) is 91.4 Å². The van der Waals surface area contributed by atoms with Gasteiger partial charge in [-0.25, -0.2) is 13.4 Å². The Hall–Kier alpha value is -2.81. The zero-order valence-electron chi connectivity index (χ0n) is 17.5. The molecule has 1 heterocycles. The Balaban J connectivity index is 1.60. The summed E-state index contributed by atoms with van der Waals surface area (Å²) in [7, 11) is -0.0335. The molecule has 7 nitrogen and oxygen atoms in total. The molecule has 0 unspecified atom stereocenters. The number of rotatable bonds is 8. The average molecular weight is 493 g/mol. The van der Waals surface area contributed by atoms with Crippen LogP contribution in [0.2, 0.25) is 10.0 Å². The van der Waals surface area contributed by atoms with Crippen LogP contribution < -0.4 is 14.9 Å². The van der Waals surface area contributed by atoms with Gasteiger partial charge in [-0.1, -0.05) is 41.4 Å². The number of pyridine rings is 1. The van der Waals surface area contributed by atoms with Crippen molar-refractivity contribution in [2.45, 2.75) is 17.9 Å². The fraction of sp³-hybridized carbons (Fsp3) is 0.182. The van der Waals surface area contributed by atoms with Crippen LogP contribution in [0.25, 0.3) is 0 Å². The molecule has 0 saturated heterocycles. The molecule has 2 aromatic carbocycles. The molecule has 0 saturated carbocycles. The summed E-state index contributed by atoms with van der Waals surface area (Å²) >= 11 is 11.8. The SMILES string of the molecule is CN(C)c1ncccc1CNC(=O)Cc1ccc(NS(=O)(=O)c2ccc(Cl)c(Cl)c2)cc1. The highest BCUT2D eigenvalue weighted by atomic mass is 35.5. The summed E-state index contributed by atoms with van der Waals surface area (Å²) in [5.74, 6) is 0.647. The lowest BCUT2D eigenvalue weighted by atomic mass is 10.1. The molecule has 2 N–H and O–H groups in total. The van der Waals surface area contributed by atoms with Crippen molar-refractivity contribution in [1.29, 1.82) is 0 Å². The maximum atomic E-state index is 12.5. The first-order valence-electron chi connectivity index (χ1n) is 9.60. The predicted molar refractivity (Wildman–Crippen MR) is 128 cm³/mol. The Bertz CT molecular complexity index is 1220. The summed E-state index contributed by atoms with van der Waals surface area (Å²) in [5, 5.41) is 3.31. The lowest BCUT2D eigenvalue weighted by molar-refractivity contribution is -0.120. The van der Waals surface area contributed by atoms with Gasteiger partial charge in [0.25, 0.3) is 10.0 Å². The summed E-state index contributed by atoms with van der Waals surface area (Å²) in [6.07, 6.45) is 1.87. The number of hydrogen-bond acceptors (Lipinski definition) is 5. The molecular formula is C22H22Cl2N4O3S. The Labute approximate surface area is 197 Å². The maximum Gasteiger partial charge on any atom is 0.261 e. The van der Waals surface area contributed by atoms with E-state index in [-0.39, 0.29) is 27.3 Å². The van der Waals surface area contributed by atoms with Crippen molar-refractivity contribution in [2.24, 2.45) is 0 Å². The third kappa shape index (κ3) is 6.12. The quantitative estimate of drug-likeness (QED) is 0.493. The predicted octanol–water partition coefficient (Wildman–Crippen LogP) is 4.11. The van der Waals surface area contributed by atoms with Crippen molar-refractivity contribution in [2.75, 3.05) is 23.7 Å². The average Bonchev–Trinajstić information content (AvgIpc) is 2.75. The fourth-order valence-corrected chi connectivity index (χ4v) is 4.41. The third-order valence-corrected chi connectivity index (χ3v) is 6.66. The molecule has 3 rings (SSSR count). The van der Waals surface area contributed by atoms with Gasteiger partial charge in [-0.05, 0) is 42.0 Å². The first kappa shape index (κ1) is 23.8. The molecule has 0 fully saturated rings. The Morgan fingerprint density at radius 1 is 1.03 bits per heavy atom. The van der Waals surface area contributed by atoms with Crippen molar-refractivity contribution < 1.29 is 13.2 Å². The van der Waals surface area contributed by atoms with Crippen molar-refractivity contribution in [1.82, 2.24) is 10.3 Å². The third-order valence-electron chi connectivity index (χ3n) is 4.54. The minimum atomic E-state index is -3.82. The molecule has 0 bridgehead atoms. The van der Waals surface area contributed by atoms with Crippen molar-refractivity contribution >= 4 is 50.6 Å². The van der Waals surface area contributed by atoms with Crippen molar-refractivity contribution in [3.63, 3.8) is 0 Å². The van der Waals surface area contributed by atoms with Gasteiger partial charge < -0.3 is 10.2 Å². The molecule has 1 aromatic heterocycles. The molecular weight excluding hydrogens is 471 g/mol. The molecule has 168 valence electrons. The summed E-state index contributed by atoms with van der Waals surface area (Å²) in [4.78, 5) is 18.6. The van der Waals surface area contributed by atoms with Gasteiger partial charge in [0.1, 0.15) is 5.82 Å². The molecule has 32 heavy (non-hydrogen) atoms. The number of carbonyl (C=O) groups excluding carboxylic acids is 1. The van der Waals surface area contributed by atoms with E-state index in [0.717, 1.165) is 16.9 Å². The molecule has 0 aliphatic heterocycles. The van der Waals surface area contributed by atoms with E-state index < -0.39 is 10.0 Å². The van der Waals surface area contributed by atoms with Gasteiger partial charge in [-0.2, -0.15) is 0 Å². The van der Waals surface area contributed by atoms with Crippen LogP contribution in [0.4, 0.5) is 11.5 Å². The number of benzene rings is 2. The van der Waals surface area contributed by atoms with E-state index in [2.05, 4.69) is 15.0 Å². The van der Waals surface area contributed by atoms with E-state index in [9.17, 15) is 13.2 Å². The van der Waals surface area contributed by atoms with Crippen molar-refractivity contribution in [3.8, 4) is 0 Å². The highest BCUT2D eigenvalue weighted by molar-refractivity contribution is 7.92. The Morgan fingerprint density at radius 2 is 1.75 bits per heavy atom. The van der Waals surface area contributed by atoms with Crippen LogP contribution in [0, 0.1) is 0 Å². The normalized spacial score (nSPS) is 11.1. The molecule has 0 aliphatic rings. The number of aromatic nitrogens is 1. The molecule has 0 radical (unpaired) electrons. The van der Waals surface area contributed by atoms with Gasteiger partial charge in [0.15, 0.2) is 0 Å². The number of sulfonamides is 1. The van der Waals surface area contributed by atoms with Crippen LogP contribution in [-0.2, 0) is 27.8 Å². The lowest BCUT2D eigenvalue weighted by Crippen LogP contribution is -2.26. The lowest BCUT2D eigenvalue weighted by Gasteiger charge is -2.16. The van der Waals surface area contributed by atoms with E-state index in [4.69, 9.17) is 23.2 Å². The molecule has 0 aliphatic carbocycles. The zero-order valence-corrected chi connectivity index (χ0v) is 19.8. The number of halogens is 2. The van der Waals surface area contributed by atoms with E-state index >= 15 is 0 Å². The second-order valence-electron chi connectivity index (χ2n) is 7.21. The molecule has 0 atom stereocenters. The fourth-order valence-electron chi connectivity index (χ4n) is 2.96. The minimum Gasteiger partial charge on any atom is -0.362 e. The number of nitrogens with one attached hydrogen (secondary N) is 2. The number of carbonyl (C=O) groups is 1. The highest BCUT2D eigenvalue weighted by Gasteiger charge is 2.16. The van der Waals surface area contributed by atoms with Gasteiger partial charge in [0, 0.05) is 38.1 Å². The van der Waals surface area contributed by atoms with Crippen LogP contribution in [0.5, 0.6) is 0 Å². The summed E-state index contributed by atoms with van der Waals surface area (Å²) < 4.78 is 27.6. The van der Waals surface area contributed by atoms with Crippen molar-refractivity contribution in [3.05, 3.63) is 82.0 Å². The van der Waals surface area contributed by atoms with E-state index in [1.165, 1.54) is 18.2 Å². The first-order chi connectivity index (χ1) is 15.2. The van der Waals surface area contributed by atoms with Gasteiger partial charge in [0.05, 0.1) is 21.4 Å². The van der Waals surface area contributed by atoms with Gasteiger partial charge in [-0.3, -0.25) is 9.52 Å². The molecule has 0 spiro atoms. The smallest absolute Gasteiger partial charge is 0.261 e. The van der Waals surface area contributed by atoms with Gasteiger partial charge in [0.2, 0.25) is 5.91 Å². The number of nitrogens with zero attached hydrogens (tertiary/aromatic N) is 2. The van der Waals surface area contributed by atoms with Gasteiger partial charge in [-0.15, -0.1) is 0 Å². The molecule has 1 amide bonds. The van der Waals surface area contributed by atoms with Crippen LogP contribution in [0.15, 0.2) is 65.7 Å². The molecule has 10 heteroatoms. The summed E-state index contributed by atoms with van der Waals surface area (Å²) in [6, 6.07) is 14.4. The van der Waals surface area contributed by atoms with Crippen LogP contribution in [0.1, 0.15) is 11.1 Å². The Morgan fingerprint density at radius 3 is 2.41 bits per heavy atom.